The molecule has 0 fully saturated rings. The molecule has 0 saturated carbocycles. The lowest BCUT2D eigenvalue weighted by atomic mass is 10.3. The van der Waals surface area contributed by atoms with Crippen molar-refractivity contribution in [3.05, 3.63) is 10.1 Å². The summed E-state index contributed by atoms with van der Waals surface area (Å²) in [6.07, 6.45) is -6.49. The van der Waals surface area contributed by atoms with Crippen LogP contribution in [0.15, 0.2) is 5.10 Å². The quantitative estimate of drug-likeness (QED) is 0.521. The van der Waals surface area contributed by atoms with Crippen molar-refractivity contribution in [1.82, 2.24) is 10.0 Å². The van der Waals surface area contributed by atoms with Crippen molar-refractivity contribution in [2.45, 2.75) is 32.2 Å². The lowest BCUT2D eigenvalue weighted by molar-refractivity contribution is -0.646. The average molecular weight is 226 g/mol. The Morgan fingerprint density at radius 1 is 1.53 bits per heavy atom. The molecule has 1 unspecified atom stereocenters. The van der Waals surface area contributed by atoms with Gasteiger partial charge in [0.25, 0.3) is 6.17 Å². The average Bonchev–Trinajstić information content (AvgIpc) is 2.45. The van der Waals surface area contributed by atoms with Gasteiger partial charge < -0.3 is 0 Å². The minimum Gasteiger partial charge on any atom is -0.256 e. The normalized spacial score (nSPS) is 21.6. The lowest BCUT2D eigenvalue weighted by Crippen LogP contribution is -2.53. The summed E-state index contributed by atoms with van der Waals surface area (Å²) in [4.78, 5) is 10.3. The molecule has 0 radical (unpaired) electrons. The van der Waals surface area contributed by atoms with Crippen LogP contribution in [0.5, 0.6) is 0 Å². The van der Waals surface area contributed by atoms with Gasteiger partial charge in [0, 0.05) is 6.04 Å². The molecule has 0 aromatic carbocycles. The van der Waals surface area contributed by atoms with Crippen molar-refractivity contribution < 1.29 is 18.2 Å². The molecule has 15 heavy (non-hydrogen) atoms. The van der Waals surface area contributed by atoms with Crippen LogP contribution in [0.4, 0.5) is 13.2 Å². The van der Waals surface area contributed by atoms with Gasteiger partial charge in [0.05, 0.1) is 0 Å². The van der Waals surface area contributed by atoms with Crippen molar-refractivity contribution in [2.24, 2.45) is 5.10 Å². The van der Waals surface area contributed by atoms with Crippen LogP contribution in [0.2, 0.25) is 0 Å². The zero-order valence-electron chi connectivity index (χ0n) is 7.97. The van der Waals surface area contributed by atoms with Crippen molar-refractivity contribution in [1.29, 1.82) is 0 Å². The molecule has 0 bridgehead atoms. The molecule has 0 spiro atoms. The molecule has 0 saturated heterocycles. The number of nitro groups is 1. The molecule has 0 N–H and O–H groups in total. The van der Waals surface area contributed by atoms with Gasteiger partial charge in [0.1, 0.15) is 0 Å². The molecule has 0 aliphatic carbocycles. The van der Waals surface area contributed by atoms with Crippen LogP contribution in [-0.4, -0.2) is 39.8 Å². The van der Waals surface area contributed by atoms with Gasteiger partial charge in [-0.1, -0.05) is 0 Å². The zero-order chi connectivity index (χ0) is 11.8. The smallest absolute Gasteiger partial charge is 0.256 e. The second-order valence-corrected chi connectivity index (χ2v) is 3.24. The summed E-state index contributed by atoms with van der Waals surface area (Å²) in [5, 5.41) is 13.1. The van der Waals surface area contributed by atoms with Crippen molar-refractivity contribution >= 4 is 6.34 Å². The van der Waals surface area contributed by atoms with E-state index in [1.165, 1.54) is 13.8 Å². The molecule has 0 amide bonds. The van der Waals surface area contributed by atoms with Gasteiger partial charge in [-0.25, -0.2) is 10.1 Å². The van der Waals surface area contributed by atoms with E-state index in [4.69, 9.17) is 0 Å². The fourth-order valence-electron chi connectivity index (χ4n) is 1.21. The van der Waals surface area contributed by atoms with E-state index in [-0.39, 0.29) is 5.01 Å². The largest absolute Gasteiger partial charge is 0.435 e. The SMILES string of the molecule is CC(C)N1N=CN([N+](=O)[O-])C1C(F)(F)F. The predicted molar refractivity (Wildman–Crippen MR) is 44.1 cm³/mol. The Kier molecular flexibility index (Phi) is 2.73. The number of halogens is 3. The number of hydrazine groups is 1. The maximum atomic E-state index is 12.5. The fourth-order valence-corrected chi connectivity index (χ4v) is 1.21. The van der Waals surface area contributed by atoms with Crippen molar-refractivity contribution in [3.63, 3.8) is 0 Å². The molecule has 6 nitrogen and oxygen atoms in total. The Morgan fingerprint density at radius 2 is 2.07 bits per heavy atom. The number of hydrogen-bond donors (Lipinski definition) is 0. The van der Waals surface area contributed by atoms with E-state index in [1.54, 1.807) is 0 Å². The molecule has 1 atom stereocenters. The van der Waals surface area contributed by atoms with E-state index >= 15 is 0 Å². The Hall–Kier alpha value is -1.54. The number of rotatable bonds is 2. The number of hydrogen-bond acceptors (Lipinski definition) is 4. The summed E-state index contributed by atoms with van der Waals surface area (Å²) in [6, 6.07) is -0.571. The monoisotopic (exact) mass is 226 g/mol. The third kappa shape index (κ3) is 2.10. The van der Waals surface area contributed by atoms with Crippen LogP contribution in [-0.2, 0) is 0 Å². The third-order valence-electron chi connectivity index (χ3n) is 1.81. The molecule has 0 aromatic rings. The summed E-state index contributed by atoms with van der Waals surface area (Å²) < 4.78 is 37.5. The lowest BCUT2D eigenvalue weighted by Gasteiger charge is -2.28. The molecule has 9 heteroatoms. The Labute approximate surface area is 83.1 Å². The minimum absolute atomic E-state index is 0.0556. The Balaban J connectivity index is 2.98. The van der Waals surface area contributed by atoms with E-state index in [0.717, 1.165) is 0 Å². The fraction of sp³-hybridized carbons (Fsp3) is 0.833. The summed E-state index contributed by atoms with van der Waals surface area (Å²) >= 11 is 0. The maximum Gasteiger partial charge on any atom is 0.435 e. The van der Waals surface area contributed by atoms with Crippen LogP contribution in [0.3, 0.4) is 0 Å². The molecule has 1 aliphatic rings. The minimum atomic E-state index is -4.73. The van der Waals surface area contributed by atoms with Crippen LogP contribution < -0.4 is 0 Å². The van der Waals surface area contributed by atoms with Crippen molar-refractivity contribution in [2.75, 3.05) is 0 Å². The van der Waals surface area contributed by atoms with E-state index in [0.29, 0.717) is 11.3 Å². The summed E-state index contributed by atoms with van der Waals surface area (Å²) in [5.41, 5.74) is 0. The van der Waals surface area contributed by atoms with Gasteiger partial charge in [-0.05, 0) is 18.9 Å². The molecular weight excluding hydrogens is 217 g/mol. The second kappa shape index (κ2) is 3.55. The van der Waals surface area contributed by atoms with Gasteiger partial charge in [-0.2, -0.15) is 18.3 Å². The molecular formula is C6H9F3N4O2. The third-order valence-corrected chi connectivity index (χ3v) is 1.81. The number of alkyl halides is 3. The van der Waals surface area contributed by atoms with Gasteiger partial charge in [0.2, 0.25) is 0 Å². The highest BCUT2D eigenvalue weighted by Crippen LogP contribution is 2.31. The topological polar surface area (TPSA) is 62.0 Å². The van der Waals surface area contributed by atoms with E-state index in [1.807, 2.05) is 0 Å². The predicted octanol–water partition coefficient (Wildman–Crippen LogP) is 1.04. The maximum absolute atomic E-state index is 12.5. The van der Waals surface area contributed by atoms with Crippen molar-refractivity contribution in [3.8, 4) is 0 Å². The van der Waals surface area contributed by atoms with Crippen LogP contribution in [0, 0.1) is 10.1 Å². The zero-order valence-corrected chi connectivity index (χ0v) is 7.97. The van der Waals surface area contributed by atoms with Crippen LogP contribution >= 0.6 is 0 Å². The highest BCUT2D eigenvalue weighted by Gasteiger charge is 2.55. The first kappa shape index (κ1) is 11.5. The number of hydrazone groups is 1. The second-order valence-electron chi connectivity index (χ2n) is 3.24. The number of nitrogens with zero attached hydrogens (tertiary/aromatic N) is 4. The van der Waals surface area contributed by atoms with Crippen LogP contribution in [0.1, 0.15) is 13.8 Å². The molecule has 1 rings (SSSR count). The molecule has 86 valence electrons. The van der Waals surface area contributed by atoms with Crippen LogP contribution in [0.25, 0.3) is 0 Å². The van der Waals surface area contributed by atoms with Gasteiger partial charge >= 0.3 is 6.18 Å². The van der Waals surface area contributed by atoms with Gasteiger partial charge in [-0.15, -0.1) is 0 Å². The molecule has 1 aliphatic heterocycles. The highest BCUT2D eigenvalue weighted by atomic mass is 19.4. The van der Waals surface area contributed by atoms with E-state index in [2.05, 4.69) is 5.10 Å². The summed E-state index contributed by atoms with van der Waals surface area (Å²) in [6.45, 7) is 2.94. The Morgan fingerprint density at radius 3 is 2.40 bits per heavy atom. The Bertz CT molecular complexity index is 291. The van der Waals surface area contributed by atoms with Gasteiger partial charge in [0.15, 0.2) is 11.4 Å². The summed E-state index contributed by atoms with van der Waals surface area (Å²) in [5.74, 6) is 0. The highest BCUT2D eigenvalue weighted by molar-refractivity contribution is 5.55. The summed E-state index contributed by atoms with van der Waals surface area (Å²) in [7, 11) is 0. The first-order valence-electron chi connectivity index (χ1n) is 4.07. The standard InChI is InChI=1S/C6H9F3N4O2/c1-4(2)12-5(6(7,8)9)11(3-10-12)13(14)15/h3-5H,1-2H3. The van der Waals surface area contributed by atoms with E-state index in [9.17, 15) is 23.3 Å². The van der Waals surface area contributed by atoms with E-state index < -0.39 is 23.4 Å². The first-order valence-corrected chi connectivity index (χ1v) is 4.07. The van der Waals surface area contributed by atoms with Gasteiger partial charge in [-0.3, -0.25) is 5.01 Å². The molecule has 1 heterocycles. The first-order chi connectivity index (χ1) is 6.75. The molecule has 0 aromatic heterocycles.